The van der Waals surface area contributed by atoms with Gasteiger partial charge in [-0.3, -0.25) is 9.59 Å². The number of Topliss-reactive ketones (excluding diaryl/α,β-unsaturated/α-hetero) is 1. The molecule has 0 aromatic heterocycles. The maximum Gasteiger partial charge on any atom is 0.234 e. The Morgan fingerprint density at radius 3 is 2.22 bits per heavy atom. The number of carbonyl (C=O) groups excluding carboxylic acids is 2. The first-order valence-electron chi connectivity index (χ1n) is 6.89. The lowest BCUT2D eigenvalue weighted by Gasteiger charge is -2.08. The second-order valence-electron chi connectivity index (χ2n) is 4.87. The van der Waals surface area contributed by atoms with Crippen LogP contribution in [0.4, 0.5) is 5.69 Å². The molecule has 0 saturated carbocycles. The molecule has 6 heteroatoms. The number of nitrogens with one attached hydrogen (secondary N) is 1. The summed E-state index contributed by atoms with van der Waals surface area (Å²) in [5, 5.41) is 3.99. The lowest BCUT2D eigenvalue weighted by molar-refractivity contribution is -0.113. The van der Waals surface area contributed by atoms with E-state index < -0.39 is 0 Å². The minimum atomic E-state index is -0.117. The molecule has 0 spiro atoms. The number of hydrogen-bond acceptors (Lipinski definition) is 3. The molecule has 2 aromatic carbocycles. The standard InChI is InChI=1S/C17H15Cl2NO2S/c1-11(21)12-5-7-13(8-6-12)20-17(22)10-23-9-14-15(18)3-2-4-16(14)19/h2-8H,9-10H2,1H3,(H,20,22). The molecule has 0 aliphatic heterocycles. The first kappa shape index (κ1) is 17.9. The van der Waals surface area contributed by atoms with Gasteiger partial charge in [0.25, 0.3) is 0 Å². The molecule has 0 radical (unpaired) electrons. The predicted molar refractivity (Wildman–Crippen MR) is 97.7 cm³/mol. The van der Waals surface area contributed by atoms with Crippen LogP contribution in [0.25, 0.3) is 0 Å². The van der Waals surface area contributed by atoms with Gasteiger partial charge < -0.3 is 5.32 Å². The van der Waals surface area contributed by atoms with E-state index in [2.05, 4.69) is 5.32 Å². The van der Waals surface area contributed by atoms with E-state index in [0.29, 0.717) is 27.0 Å². The number of halogens is 2. The van der Waals surface area contributed by atoms with Gasteiger partial charge in [-0.25, -0.2) is 0 Å². The average Bonchev–Trinajstić information content (AvgIpc) is 2.51. The SMILES string of the molecule is CC(=O)c1ccc(NC(=O)CSCc2c(Cl)cccc2Cl)cc1. The van der Waals surface area contributed by atoms with Crippen molar-refractivity contribution >= 4 is 52.3 Å². The molecule has 1 N–H and O–H groups in total. The Morgan fingerprint density at radius 2 is 1.65 bits per heavy atom. The third kappa shape index (κ3) is 5.27. The second-order valence-corrected chi connectivity index (χ2v) is 6.67. The largest absolute Gasteiger partial charge is 0.325 e. The van der Waals surface area contributed by atoms with Gasteiger partial charge in [-0.05, 0) is 48.9 Å². The number of rotatable bonds is 6. The van der Waals surface area contributed by atoms with Crippen LogP contribution in [0.2, 0.25) is 10.0 Å². The Hall–Kier alpha value is -1.49. The number of thioether (sulfide) groups is 1. The highest BCUT2D eigenvalue weighted by atomic mass is 35.5. The smallest absolute Gasteiger partial charge is 0.234 e. The molecule has 0 fully saturated rings. The highest BCUT2D eigenvalue weighted by molar-refractivity contribution is 7.99. The summed E-state index contributed by atoms with van der Waals surface area (Å²) in [6.45, 7) is 1.50. The highest BCUT2D eigenvalue weighted by Gasteiger charge is 2.08. The van der Waals surface area contributed by atoms with Crippen molar-refractivity contribution in [3.63, 3.8) is 0 Å². The Bertz CT molecular complexity index is 697. The van der Waals surface area contributed by atoms with E-state index in [-0.39, 0.29) is 17.4 Å². The molecule has 0 unspecified atom stereocenters. The lowest BCUT2D eigenvalue weighted by atomic mass is 10.1. The summed E-state index contributed by atoms with van der Waals surface area (Å²) in [6.07, 6.45) is 0. The van der Waals surface area contributed by atoms with E-state index in [1.165, 1.54) is 18.7 Å². The Kier molecular flexibility index (Phi) is 6.51. The van der Waals surface area contributed by atoms with Crippen molar-refractivity contribution in [2.24, 2.45) is 0 Å². The Labute approximate surface area is 149 Å². The van der Waals surface area contributed by atoms with E-state index in [9.17, 15) is 9.59 Å². The van der Waals surface area contributed by atoms with Crippen LogP contribution >= 0.6 is 35.0 Å². The molecular formula is C17H15Cl2NO2S. The van der Waals surface area contributed by atoms with E-state index in [1.807, 2.05) is 0 Å². The van der Waals surface area contributed by atoms with Crippen molar-refractivity contribution < 1.29 is 9.59 Å². The maximum absolute atomic E-state index is 11.9. The minimum absolute atomic E-state index is 0.00458. The quantitative estimate of drug-likeness (QED) is 0.725. The van der Waals surface area contributed by atoms with Crippen LogP contribution in [-0.4, -0.2) is 17.4 Å². The van der Waals surface area contributed by atoms with Gasteiger partial charge in [-0.15, -0.1) is 11.8 Å². The first-order valence-corrected chi connectivity index (χ1v) is 8.80. The van der Waals surface area contributed by atoms with Gasteiger partial charge in [-0.2, -0.15) is 0 Å². The molecule has 0 bridgehead atoms. The third-order valence-electron chi connectivity index (χ3n) is 3.12. The van der Waals surface area contributed by atoms with Crippen molar-refractivity contribution in [2.75, 3.05) is 11.1 Å². The van der Waals surface area contributed by atoms with Crippen LogP contribution in [0.3, 0.4) is 0 Å². The fourth-order valence-electron chi connectivity index (χ4n) is 1.90. The van der Waals surface area contributed by atoms with Crippen LogP contribution in [0.5, 0.6) is 0 Å². The molecule has 0 atom stereocenters. The summed E-state index contributed by atoms with van der Waals surface area (Å²) in [7, 11) is 0. The molecule has 1 amide bonds. The molecule has 0 saturated heterocycles. The molecule has 2 rings (SSSR count). The van der Waals surface area contributed by atoms with E-state index >= 15 is 0 Å². The van der Waals surface area contributed by atoms with Gasteiger partial charge in [0.2, 0.25) is 5.91 Å². The molecule has 120 valence electrons. The van der Waals surface area contributed by atoms with Crippen LogP contribution < -0.4 is 5.32 Å². The zero-order valence-corrected chi connectivity index (χ0v) is 14.8. The summed E-state index contributed by atoms with van der Waals surface area (Å²) in [5.41, 5.74) is 2.11. The fraction of sp³-hybridized carbons (Fsp3) is 0.176. The minimum Gasteiger partial charge on any atom is -0.325 e. The molecule has 0 heterocycles. The first-order chi connectivity index (χ1) is 11.0. The Morgan fingerprint density at radius 1 is 1.04 bits per heavy atom. The maximum atomic E-state index is 11.9. The zero-order valence-electron chi connectivity index (χ0n) is 12.4. The Balaban J connectivity index is 1.84. The van der Waals surface area contributed by atoms with Gasteiger partial charge >= 0.3 is 0 Å². The summed E-state index contributed by atoms with van der Waals surface area (Å²) >= 11 is 13.6. The number of benzene rings is 2. The number of carbonyl (C=O) groups is 2. The topological polar surface area (TPSA) is 46.2 Å². The highest BCUT2D eigenvalue weighted by Crippen LogP contribution is 2.28. The van der Waals surface area contributed by atoms with Crippen molar-refractivity contribution in [3.8, 4) is 0 Å². The van der Waals surface area contributed by atoms with Crippen LogP contribution in [0.15, 0.2) is 42.5 Å². The fourth-order valence-corrected chi connectivity index (χ4v) is 3.47. The van der Waals surface area contributed by atoms with Crippen LogP contribution in [0.1, 0.15) is 22.8 Å². The third-order valence-corrected chi connectivity index (χ3v) is 4.78. The number of hydrogen-bond donors (Lipinski definition) is 1. The van der Waals surface area contributed by atoms with Gasteiger partial charge in [0.05, 0.1) is 5.75 Å². The summed E-state index contributed by atoms with van der Waals surface area (Å²) in [5.74, 6) is 0.731. The molecule has 23 heavy (non-hydrogen) atoms. The molecule has 0 aliphatic carbocycles. The number of amides is 1. The predicted octanol–water partition coefficient (Wildman–Crippen LogP) is 5.07. The van der Waals surface area contributed by atoms with E-state index in [0.717, 1.165) is 5.56 Å². The van der Waals surface area contributed by atoms with Crippen LogP contribution in [0, 0.1) is 0 Å². The second kappa shape index (κ2) is 8.39. The molecule has 2 aromatic rings. The normalized spacial score (nSPS) is 10.4. The van der Waals surface area contributed by atoms with Gasteiger partial charge in [0, 0.05) is 27.0 Å². The van der Waals surface area contributed by atoms with Crippen LogP contribution in [-0.2, 0) is 10.5 Å². The average molecular weight is 368 g/mol. The zero-order chi connectivity index (χ0) is 16.8. The van der Waals surface area contributed by atoms with E-state index in [4.69, 9.17) is 23.2 Å². The number of anilines is 1. The summed E-state index contributed by atoms with van der Waals surface area (Å²) < 4.78 is 0. The molecule has 0 aliphatic rings. The van der Waals surface area contributed by atoms with Crippen molar-refractivity contribution in [3.05, 3.63) is 63.6 Å². The lowest BCUT2D eigenvalue weighted by Crippen LogP contribution is -2.14. The van der Waals surface area contributed by atoms with E-state index in [1.54, 1.807) is 42.5 Å². The molecule has 3 nitrogen and oxygen atoms in total. The summed E-state index contributed by atoms with van der Waals surface area (Å²) in [4.78, 5) is 23.1. The van der Waals surface area contributed by atoms with Crippen molar-refractivity contribution in [1.29, 1.82) is 0 Å². The van der Waals surface area contributed by atoms with Gasteiger partial charge in [0.1, 0.15) is 0 Å². The summed E-state index contributed by atoms with van der Waals surface area (Å²) in [6, 6.07) is 12.1. The number of ketones is 1. The van der Waals surface area contributed by atoms with Crippen molar-refractivity contribution in [1.82, 2.24) is 0 Å². The van der Waals surface area contributed by atoms with Gasteiger partial charge in [-0.1, -0.05) is 29.3 Å². The monoisotopic (exact) mass is 367 g/mol. The molecular weight excluding hydrogens is 353 g/mol. The van der Waals surface area contributed by atoms with Crippen molar-refractivity contribution in [2.45, 2.75) is 12.7 Å². The van der Waals surface area contributed by atoms with Gasteiger partial charge in [0.15, 0.2) is 5.78 Å².